The SMILES string of the molecule is COC(C)(C)CNC(=O)c1c(C)nc(C(C)(C)C)[nH]c1=O. The maximum absolute atomic E-state index is 12.2. The highest BCUT2D eigenvalue weighted by Gasteiger charge is 2.23. The highest BCUT2D eigenvalue weighted by atomic mass is 16.5. The molecule has 1 heterocycles. The smallest absolute Gasteiger partial charge is 0.264 e. The van der Waals surface area contributed by atoms with Gasteiger partial charge in [-0.3, -0.25) is 9.59 Å². The van der Waals surface area contributed by atoms with Crippen LogP contribution in [0.4, 0.5) is 0 Å². The van der Waals surface area contributed by atoms with Gasteiger partial charge in [-0.1, -0.05) is 20.8 Å². The molecule has 0 fully saturated rings. The van der Waals surface area contributed by atoms with E-state index < -0.39 is 17.1 Å². The molecule has 1 aromatic rings. The molecule has 0 aliphatic rings. The van der Waals surface area contributed by atoms with E-state index >= 15 is 0 Å². The van der Waals surface area contributed by atoms with Crippen LogP contribution in [0.5, 0.6) is 0 Å². The number of rotatable bonds is 4. The third kappa shape index (κ3) is 4.39. The van der Waals surface area contributed by atoms with Crippen LogP contribution < -0.4 is 10.9 Å². The summed E-state index contributed by atoms with van der Waals surface area (Å²) in [6, 6.07) is 0. The molecule has 0 aliphatic carbocycles. The van der Waals surface area contributed by atoms with E-state index in [1.807, 2.05) is 34.6 Å². The van der Waals surface area contributed by atoms with Crippen molar-refractivity contribution < 1.29 is 9.53 Å². The lowest BCUT2D eigenvalue weighted by molar-refractivity contribution is 0.0228. The molecule has 21 heavy (non-hydrogen) atoms. The Morgan fingerprint density at radius 1 is 1.29 bits per heavy atom. The maximum atomic E-state index is 12.2. The van der Waals surface area contributed by atoms with Gasteiger partial charge < -0.3 is 15.0 Å². The van der Waals surface area contributed by atoms with Gasteiger partial charge in [-0.15, -0.1) is 0 Å². The number of nitrogens with zero attached hydrogens (tertiary/aromatic N) is 1. The fraction of sp³-hybridized carbons (Fsp3) is 0.667. The fourth-order valence-corrected chi connectivity index (χ4v) is 1.66. The molecule has 1 aromatic heterocycles. The molecule has 2 N–H and O–H groups in total. The minimum Gasteiger partial charge on any atom is -0.377 e. The second-order valence-corrected chi connectivity index (χ2v) is 6.77. The lowest BCUT2D eigenvalue weighted by Gasteiger charge is -2.23. The van der Waals surface area contributed by atoms with Crippen molar-refractivity contribution in [2.45, 2.75) is 52.6 Å². The molecule has 0 saturated heterocycles. The summed E-state index contributed by atoms with van der Waals surface area (Å²) in [6.07, 6.45) is 0. The summed E-state index contributed by atoms with van der Waals surface area (Å²) in [5.74, 6) is 0.130. The summed E-state index contributed by atoms with van der Waals surface area (Å²) in [7, 11) is 1.57. The molecule has 0 unspecified atom stereocenters. The third-order valence-electron chi connectivity index (χ3n) is 3.27. The lowest BCUT2D eigenvalue weighted by atomic mass is 9.95. The van der Waals surface area contributed by atoms with Crippen LogP contribution in [0.3, 0.4) is 0 Å². The van der Waals surface area contributed by atoms with Crippen LogP contribution in [0.1, 0.15) is 56.5 Å². The zero-order valence-corrected chi connectivity index (χ0v) is 13.9. The van der Waals surface area contributed by atoms with Crippen LogP contribution >= 0.6 is 0 Å². The molecule has 6 heteroatoms. The second-order valence-electron chi connectivity index (χ2n) is 6.77. The highest BCUT2D eigenvalue weighted by Crippen LogP contribution is 2.17. The molecule has 0 atom stereocenters. The minimum absolute atomic E-state index is 0.0508. The monoisotopic (exact) mass is 295 g/mol. The van der Waals surface area contributed by atoms with Gasteiger partial charge >= 0.3 is 0 Å². The summed E-state index contributed by atoms with van der Waals surface area (Å²) in [4.78, 5) is 31.4. The first-order valence-corrected chi connectivity index (χ1v) is 6.92. The Kier molecular flexibility index (Phi) is 4.94. The average molecular weight is 295 g/mol. The number of hydrogen-bond acceptors (Lipinski definition) is 4. The number of hydrogen-bond donors (Lipinski definition) is 2. The average Bonchev–Trinajstić information content (AvgIpc) is 2.34. The Morgan fingerprint density at radius 3 is 2.29 bits per heavy atom. The standard InChI is InChI=1S/C15H25N3O3/c1-9-10(11(19)16-8-15(5,6)21-7)12(20)18-13(17-9)14(2,3)4/h8H2,1-7H3,(H,16,19)(H,17,18,20). The van der Waals surface area contributed by atoms with Crippen molar-refractivity contribution in [3.05, 3.63) is 27.4 Å². The highest BCUT2D eigenvalue weighted by molar-refractivity contribution is 5.94. The van der Waals surface area contributed by atoms with Crippen LogP contribution in [0.2, 0.25) is 0 Å². The van der Waals surface area contributed by atoms with Crippen molar-refractivity contribution in [1.82, 2.24) is 15.3 Å². The van der Waals surface area contributed by atoms with Gasteiger partial charge in [0.15, 0.2) is 0 Å². The quantitative estimate of drug-likeness (QED) is 0.882. The topological polar surface area (TPSA) is 84.1 Å². The first kappa shape index (κ1) is 17.4. The number of carbonyl (C=O) groups is 1. The Hall–Kier alpha value is -1.69. The van der Waals surface area contributed by atoms with Crippen molar-refractivity contribution in [3.63, 3.8) is 0 Å². The van der Waals surface area contributed by atoms with Crippen molar-refractivity contribution >= 4 is 5.91 Å². The van der Waals surface area contributed by atoms with Gasteiger partial charge in [0.2, 0.25) is 0 Å². The molecule has 118 valence electrons. The Labute approximate surface area is 125 Å². The first-order valence-electron chi connectivity index (χ1n) is 6.92. The molecule has 6 nitrogen and oxygen atoms in total. The van der Waals surface area contributed by atoms with E-state index in [1.165, 1.54) is 0 Å². The van der Waals surface area contributed by atoms with Crippen LogP contribution in [0, 0.1) is 6.92 Å². The van der Waals surface area contributed by atoms with Crippen LogP contribution in [0.25, 0.3) is 0 Å². The number of aromatic amines is 1. The Morgan fingerprint density at radius 2 is 1.86 bits per heavy atom. The van der Waals surface area contributed by atoms with E-state index in [9.17, 15) is 9.59 Å². The van der Waals surface area contributed by atoms with Crippen molar-refractivity contribution in [2.75, 3.05) is 13.7 Å². The molecular weight excluding hydrogens is 270 g/mol. The Bertz CT molecular complexity index is 583. The van der Waals surface area contributed by atoms with E-state index in [4.69, 9.17) is 4.74 Å². The van der Waals surface area contributed by atoms with Gasteiger partial charge in [0, 0.05) is 19.1 Å². The van der Waals surface area contributed by atoms with E-state index in [-0.39, 0.29) is 11.0 Å². The van der Waals surface area contributed by atoms with Gasteiger partial charge in [-0.25, -0.2) is 4.98 Å². The molecule has 1 rings (SSSR count). The summed E-state index contributed by atoms with van der Waals surface area (Å²) in [6.45, 7) is 11.5. The van der Waals surface area contributed by atoms with E-state index in [0.717, 1.165) is 0 Å². The van der Waals surface area contributed by atoms with Crippen molar-refractivity contribution in [1.29, 1.82) is 0 Å². The van der Waals surface area contributed by atoms with E-state index in [0.29, 0.717) is 18.1 Å². The molecule has 0 aliphatic heterocycles. The van der Waals surface area contributed by atoms with Gasteiger partial charge in [0.05, 0.1) is 11.3 Å². The zero-order valence-electron chi connectivity index (χ0n) is 13.9. The summed E-state index contributed by atoms with van der Waals surface area (Å²) in [5.41, 5.74) is -0.710. The van der Waals surface area contributed by atoms with Crippen molar-refractivity contribution in [2.24, 2.45) is 0 Å². The number of methoxy groups -OCH3 is 1. The number of amides is 1. The summed E-state index contributed by atoms with van der Waals surface area (Å²) in [5, 5.41) is 2.71. The lowest BCUT2D eigenvalue weighted by Crippen LogP contribution is -2.42. The molecule has 0 aromatic carbocycles. The van der Waals surface area contributed by atoms with Crippen molar-refractivity contribution in [3.8, 4) is 0 Å². The number of aromatic nitrogens is 2. The van der Waals surface area contributed by atoms with Crippen LogP contribution in [-0.2, 0) is 10.2 Å². The minimum atomic E-state index is -0.491. The van der Waals surface area contributed by atoms with Crippen LogP contribution in [-0.4, -0.2) is 35.1 Å². The predicted octanol–water partition coefficient (Wildman–Crippen LogP) is 1.53. The summed E-state index contributed by atoms with van der Waals surface area (Å²) >= 11 is 0. The number of carbonyl (C=O) groups excluding carboxylic acids is 1. The van der Waals surface area contributed by atoms with Crippen LogP contribution in [0.15, 0.2) is 4.79 Å². The van der Waals surface area contributed by atoms with Gasteiger partial charge in [0.1, 0.15) is 11.4 Å². The van der Waals surface area contributed by atoms with Gasteiger partial charge in [-0.2, -0.15) is 0 Å². The predicted molar refractivity (Wildman–Crippen MR) is 81.7 cm³/mol. The largest absolute Gasteiger partial charge is 0.377 e. The fourth-order valence-electron chi connectivity index (χ4n) is 1.66. The van der Waals surface area contributed by atoms with E-state index in [2.05, 4.69) is 15.3 Å². The first-order chi connectivity index (χ1) is 9.48. The zero-order chi connectivity index (χ0) is 16.4. The normalized spacial score (nSPS) is 12.3. The molecule has 0 saturated carbocycles. The molecule has 0 spiro atoms. The molecule has 0 radical (unpaired) electrons. The Balaban J connectivity index is 3.05. The third-order valence-corrected chi connectivity index (χ3v) is 3.27. The molecule has 0 bridgehead atoms. The number of aryl methyl sites for hydroxylation is 1. The number of nitrogens with one attached hydrogen (secondary N) is 2. The molecule has 1 amide bonds. The van der Waals surface area contributed by atoms with E-state index in [1.54, 1.807) is 14.0 Å². The van der Waals surface area contributed by atoms with Gasteiger partial charge in [-0.05, 0) is 20.8 Å². The number of ether oxygens (including phenoxy) is 1. The summed E-state index contributed by atoms with van der Waals surface area (Å²) < 4.78 is 5.23. The second kappa shape index (κ2) is 5.97. The number of H-pyrrole nitrogens is 1. The molecular formula is C15H25N3O3. The van der Waals surface area contributed by atoms with Gasteiger partial charge in [0.25, 0.3) is 11.5 Å². The maximum Gasteiger partial charge on any atom is 0.264 e.